The van der Waals surface area contributed by atoms with Gasteiger partial charge in [0.25, 0.3) is 0 Å². The molecule has 0 fully saturated rings. The Bertz CT molecular complexity index is 935. The zero-order valence-corrected chi connectivity index (χ0v) is 16.1. The van der Waals surface area contributed by atoms with E-state index in [-0.39, 0.29) is 6.04 Å². The van der Waals surface area contributed by atoms with Gasteiger partial charge in [-0.05, 0) is 32.9 Å². The average Bonchev–Trinajstić information content (AvgIpc) is 2.99. The number of methoxy groups -OCH3 is 2. The van der Waals surface area contributed by atoms with Crippen molar-refractivity contribution < 1.29 is 19.2 Å². The largest absolute Gasteiger partial charge is 0.496 e. The number of nitrogens with one attached hydrogen (secondary N) is 2. The molecule has 8 heteroatoms. The summed E-state index contributed by atoms with van der Waals surface area (Å²) in [5.41, 5.74) is 6.67. The third-order valence-corrected chi connectivity index (χ3v) is 4.42. The molecule has 0 saturated carbocycles. The van der Waals surface area contributed by atoms with Crippen molar-refractivity contribution in [1.29, 1.82) is 0 Å². The first kappa shape index (κ1) is 18.9. The van der Waals surface area contributed by atoms with E-state index in [4.69, 9.17) is 14.0 Å². The Morgan fingerprint density at radius 3 is 2.63 bits per heavy atom. The van der Waals surface area contributed by atoms with Gasteiger partial charge in [0.05, 0.1) is 42.4 Å². The van der Waals surface area contributed by atoms with Gasteiger partial charge >= 0.3 is 0 Å². The molecule has 1 unspecified atom stereocenters. The normalized spacial score (nSPS) is 12.2. The summed E-state index contributed by atoms with van der Waals surface area (Å²) < 4.78 is 16.1. The van der Waals surface area contributed by atoms with Gasteiger partial charge in [-0.15, -0.1) is 0 Å². The lowest BCUT2D eigenvalue weighted by Gasteiger charge is -2.20. The highest BCUT2D eigenvalue weighted by Crippen LogP contribution is 2.40. The summed E-state index contributed by atoms with van der Waals surface area (Å²) in [5, 5.41) is 17.7. The number of nitrogens with zero attached hydrogens (tertiary/aromatic N) is 2. The van der Waals surface area contributed by atoms with Gasteiger partial charge in [-0.2, -0.15) is 0 Å². The molecule has 8 nitrogen and oxygen atoms in total. The summed E-state index contributed by atoms with van der Waals surface area (Å²) in [6, 6.07) is 3.86. The number of anilines is 2. The molecule has 1 aromatic carbocycles. The summed E-state index contributed by atoms with van der Waals surface area (Å²) in [4.78, 5) is 4.47. The van der Waals surface area contributed by atoms with Gasteiger partial charge in [-0.25, -0.2) is 0 Å². The van der Waals surface area contributed by atoms with Crippen LogP contribution in [0.2, 0.25) is 0 Å². The lowest BCUT2D eigenvalue weighted by Crippen LogP contribution is -2.21. The van der Waals surface area contributed by atoms with Crippen molar-refractivity contribution in [1.82, 2.24) is 10.1 Å². The Balaban J connectivity index is 2.22. The molecule has 0 radical (unpaired) electrons. The Kier molecular flexibility index (Phi) is 5.48. The van der Waals surface area contributed by atoms with Crippen LogP contribution < -0.4 is 15.5 Å². The number of aryl methyl sites for hydroxylation is 2. The first-order valence-corrected chi connectivity index (χ1v) is 8.59. The van der Waals surface area contributed by atoms with Crippen molar-refractivity contribution in [2.45, 2.75) is 26.8 Å². The standard InChI is InChI=1S/C19H24N4O4/c1-10(9-25-4)21-19-13-7-17(26-5)14(18-11(2)23-27-12(18)3)6-15(13)20-8-16(19)22-24/h6-8,10,22,24H,9H2,1-5H3,(H,20,21). The van der Waals surface area contributed by atoms with Gasteiger partial charge in [-0.1, -0.05) is 5.16 Å². The van der Waals surface area contributed by atoms with Crippen molar-refractivity contribution >= 4 is 22.3 Å². The van der Waals surface area contributed by atoms with Gasteiger partial charge < -0.3 is 19.3 Å². The molecule has 27 heavy (non-hydrogen) atoms. The molecule has 0 aliphatic carbocycles. The molecule has 0 spiro atoms. The summed E-state index contributed by atoms with van der Waals surface area (Å²) >= 11 is 0. The van der Waals surface area contributed by atoms with Gasteiger partial charge in [-0.3, -0.25) is 15.7 Å². The van der Waals surface area contributed by atoms with Crippen LogP contribution >= 0.6 is 0 Å². The van der Waals surface area contributed by atoms with E-state index >= 15 is 0 Å². The van der Waals surface area contributed by atoms with Gasteiger partial charge in [0.15, 0.2) is 0 Å². The van der Waals surface area contributed by atoms with E-state index < -0.39 is 0 Å². The summed E-state index contributed by atoms with van der Waals surface area (Å²) in [6.45, 7) is 6.26. The third kappa shape index (κ3) is 3.54. The van der Waals surface area contributed by atoms with Crippen LogP contribution in [0.5, 0.6) is 5.75 Å². The highest BCUT2D eigenvalue weighted by molar-refractivity contribution is 6.01. The average molecular weight is 372 g/mol. The highest BCUT2D eigenvalue weighted by Gasteiger charge is 2.20. The topological polar surface area (TPSA) is 102 Å². The van der Waals surface area contributed by atoms with E-state index in [0.717, 1.165) is 33.4 Å². The van der Waals surface area contributed by atoms with Crippen LogP contribution in [0.15, 0.2) is 22.9 Å². The van der Waals surface area contributed by atoms with Crippen LogP contribution in [-0.2, 0) is 4.74 Å². The molecule has 0 aliphatic heterocycles. The monoisotopic (exact) mass is 372 g/mol. The smallest absolute Gasteiger partial charge is 0.141 e. The maximum absolute atomic E-state index is 9.51. The zero-order valence-electron chi connectivity index (χ0n) is 16.1. The lowest BCUT2D eigenvalue weighted by atomic mass is 10.00. The number of fused-ring (bicyclic) bond motifs is 1. The molecule has 0 saturated heterocycles. The van der Waals surface area contributed by atoms with E-state index in [1.807, 2.05) is 32.9 Å². The van der Waals surface area contributed by atoms with Crippen molar-refractivity contribution in [2.75, 3.05) is 31.6 Å². The second-order valence-corrected chi connectivity index (χ2v) is 6.43. The fraction of sp³-hybridized carbons (Fsp3) is 0.368. The Morgan fingerprint density at radius 2 is 2.04 bits per heavy atom. The molecule has 0 aliphatic rings. The molecular weight excluding hydrogens is 348 g/mol. The SMILES string of the molecule is COCC(C)Nc1c(NO)cnc2cc(-c3c(C)noc3C)c(OC)cc12. The van der Waals surface area contributed by atoms with Crippen LogP contribution in [0.25, 0.3) is 22.0 Å². The fourth-order valence-electron chi connectivity index (χ4n) is 3.23. The second-order valence-electron chi connectivity index (χ2n) is 6.43. The zero-order chi connectivity index (χ0) is 19.6. The van der Waals surface area contributed by atoms with Crippen LogP contribution in [0.3, 0.4) is 0 Å². The number of pyridine rings is 1. The molecule has 2 aromatic heterocycles. The van der Waals surface area contributed by atoms with Crippen molar-refractivity contribution in [3.05, 3.63) is 29.8 Å². The predicted octanol–water partition coefficient (Wildman–Crippen LogP) is 3.76. The lowest BCUT2D eigenvalue weighted by molar-refractivity contribution is 0.190. The van der Waals surface area contributed by atoms with Crippen molar-refractivity contribution in [3.63, 3.8) is 0 Å². The van der Waals surface area contributed by atoms with Crippen LogP contribution in [0, 0.1) is 13.8 Å². The Hall–Kier alpha value is -2.84. The maximum atomic E-state index is 9.51. The minimum atomic E-state index is 0.0286. The highest BCUT2D eigenvalue weighted by atomic mass is 16.5. The van der Waals surface area contributed by atoms with E-state index in [1.165, 1.54) is 0 Å². The number of hydrogen-bond acceptors (Lipinski definition) is 8. The summed E-state index contributed by atoms with van der Waals surface area (Å²) in [7, 11) is 3.26. The predicted molar refractivity (Wildman–Crippen MR) is 104 cm³/mol. The van der Waals surface area contributed by atoms with Crippen molar-refractivity contribution in [3.8, 4) is 16.9 Å². The molecule has 0 amide bonds. The Labute approximate surface area is 157 Å². The quantitative estimate of drug-likeness (QED) is 0.539. The number of rotatable bonds is 7. The molecule has 3 N–H and O–H groups in total. The number of hydrogen-bond donors (Lipinski definition) is 3. The first-order chi connectivity index (χ1) is 13.0. The van der Waals surface area contributed by atoms with Crippen LogP contribution in [-0.4, -0.2) is 42.2 Å². The molecule has 3 rings (SSSR count). The first-order valence-electron chi connectivity index (χ1n) is 8.59. The minimum Gasteiger partial charge on any atom is -0.496 e. The molecule has 0 bridgehead atoms. The molecule has 3 aromatic rings. The number of benzene rings is 1. The van der Waals surface area contributed by atoms with E-state index in [9.17, 15) is 5.21 Å². The van der Waals surface area contributed by atoms with Gasteiger partial charge in [0, 0.05) is 24.1 Å². The number of ether oxygens (including phenoxy) is 2. The number of aromatic nitrogens is 2. The fourth-order valence-corrected chi connectivity index (χ4v) is 3.23. The molecular formula is C19H24N4O4. The summed E-state index contributed by atoms with van der Waals surface area (Å²) in [5.74, 6) is 1.38. The van der Waals surface area contributed by atoms with E-state index in [1.54, 1.807) is 20.4 Å². The van der Waals surface area contributed by atoms with Gasteiger partial charge in [0.2, 0.25) is 0 Å². The van der Waals surface area contributed by atoms with Crippen molar-refractivity contribution in [2.24, 2.45) is 0 Å². The molecule has 144 valence electrons. The van der Waals surface area contributed by atoms with Gasteiger partial charge in [0.1, 0.15) is 17.2 Å². The minimum absolute atomic E-state index is 0.0286. The molecule has 2 heterocycles. The maximum Gasteiger partial charge on any atom is 0.141 e. The van der Waals surface area contributed by atoms with E-state index in [0.29, 0.717) is 23.8 Å². The molecule has 1 atom stereocenters. The van der Waals surface area contributed by atoms with Crippen LogP contribution in [0.4, 0.5) is 11.4 Å². The Morgan fingerprint density at radius 1 is 1.26 bits per heavy atom. The van der Waals surface area contributed by atoms with Crippen LogP contribution in [0.1, 0.15) is 18.4 Å². The summed E-state index contributed by atoms with van der Waals surface area (Å²) in [6.07, 6.45) is 1.58. The van der Waals surface area contributed by atoms with E-state index in [2.05, 4.69) is 20.9 Å². The third-order valence-electron chi connectivity index (χ3n) is 4.42. The second kappa shape index (κ2) is 7.81.